The van der Waals surface area contributed by atoms with Crippen LogP contribution in [0.2, 0.25) is 15.1 Å². The van der Waals surface area contributed by atoms with E-state index in [0.717, 1.165) is 15.8 Å². The highest BCUT2D eigenvalue weighted by Crippen LogP contribution is 2.54. The van der Waals surface area contributed by atoms with Gasteiger partial charge in [-0.15, -0.1) is 0 Å². The zero-order chi connectivity index (χ0) is 29.7. The topological polar surface area (TPSA) is 109 Å². The number of hydrogen-bond acceptors (Lipinski definition) is 7. The standard InChI is InChI=1S/C28H17BrCl3N3O5S2/c29-12-1-5-15(6-2-12)35-26(37)22-21(23-25(34-28(39)42-23)41-24(22)27(35)38)16-9-13(30)3-8-19(16)40-11-20(36)33-14-4-7-17(31)18(32)10-14/h1-10,21-22,24H,11H2,(H,33,36)(H,34,39). The third-order valence-corrected chi connectivity index (χ3v) is 10.7. The van der Waals surface area contributed by atoms with Gasteiger partial charge < -0.3 is 15.0 Å². The molecule has 3 unspecified atom stereocenters. The Morgan fingerprint density at radius 1 is 0.976 bits per heavy atom. The quantitative estimate of drug-likeness (QED) is 0.208. The van der Waals surface area contributed by atoms with Crippen LogP contribution in [0.3, 0.4) is 0 Å². The summed E-state index contributed by atoms with van der Waals surface area (Å²) in [5, 5.41) is 3.41. The lowest BCUT2D eigenvalue weighted by molar-refractivity contribution is -0.122. The summed E-state index contributed by atoms with van der Waals surface area (Å²) in [4.78, 5) is 57.1. The number of ether oxygens (including phenoxy) is 1. The monoisotopic (exact) mass is 723 g/mol. The number of carbonyl (C=O) groups excluding carboxylic acids is 3. The number of rotatable bonds is 6. The van der Waals surface area contributed by atoms with Gasteiger partial charge in [-0.2, -0.15) is 0 Å². The Kier molecular flexibility index (Phi) is 8.16. The molecule has 6 rings (SSSR count). The van der Waals surface area contributed by atoms with E-state index in [0.29, 0.717) is 36.9 Å². The lowest BCUT2D eigenvalue weighted by Gasteiger charge is -2.31. The summed E-state index contributed by atoms with van der Waals surface area (Å²) >= 11 is 23.9. The Bertz CT molecular complexity index is 1810. The first-order valence-corrected chi connectivity index (χ1v) is 15.9. The van der Waals surface area contributed by atoms with Gasteiger partial charge >= 0.3 is 4.87 Å². The molecule has 0 spiro atoms. The van der Waals surface area contributed by atoms with Crippen LogP contribution >= 0.6 is 73.8 Å². The van der Waals surface area contributed by atoms with E-state index in [1.165, 1.54) is 22.7 Å². The van der Waals surface area contributed by atoms with Crippen LogP contribution < -0.4 is 19.8 Å². The van der Waals surface area contributed by atoms with Crippen molar-refractivity contribution in [1.82, 2.24) is 4.98 Å². The third kappa shape index (κ3) is 5.49. The largest absolute Gasteiger partial charge is 0.483 e. The number of thioether (sulfide) groups is 1. The van der Waals surface area contributed by atoms with Crippen molar-refractivity contribution in [2.45, 2.75) is 16.2 Å². The number of aromatic amines is 1. The maximum atomic E-state index is 14.0. The minimum Gasteiger partial charge on any atom is -0.483 e. The van der Waals surface area contributed by atoms with Crippen LogP contribution in [0, 0.1) is 5.92 Å². The summed E-state index contributed by atoms with van der Waals surface area (Å²) in [6, 6.07) is 16.4. The van der Waals surface area contributed by atoms with Crippen molar-refractivity contribution in [2.75, 3.05) is 16.8 Å². The van der Waals surface area contributed by atoms with Gasteiger partial charge in [0.1, 0.15) is 11.0 Å². The molecular formula is C28H17BrCl3N3O5S2. The lowest BCUT2D eigenvalue weighted by Crippen LogP contribution is -2.32. The Hall–Kier alpha value is -2.80. The molecule has 3 aromatic carbocycles. The number of carbonyl (C=O) groups is 3. The Labute approximate surface area is 270 Å². The second kappa shape index (κ2) is 11.7. The number of benzene rings is 3. The molecule has 8 nitrogen and oxygen atoms in total. The van der Waals surface area contributed by atoms with Crippen molar-refractivity contribution in [3.63, 3.8) is 0 Å². The highest BCUT2D eigenvalue weighted by Gasteiger charge is 2.56. The molecule has 2 aliphatic heterocycles. The van der Waals surface area contributed by atoms with E-state index < -0.39 is 28.9 Å². The molecule has 4 aromatic rings. The number of H-pyrrole nitrogens is 1. The number of aromatic nitrogens is 1. The van der Waals surface area contributed by atoms with Crippen LogP contribution in [0.5, 0.6) is 5.75 Å². The van der Waals surface area contributed by atoms with Crippen molar-refractivity contribution < 1.29 is 19.1 Å². The maximum Gasteiger partial charge on any atom is 0.305 e. The first kappa shape index (κ1) is 29.3. The zero-order valence-electron chi connectivity index (χ0n) is 21.0. The summed E-state index contributed by atoms with van der Waals surface area (Å²) in [7, 11) is 0. The van der Waals surface area contributed by atoms with Crippen molar-refractivity contribution in [3.8, 4) is 5.75 Å². The SMILES string of the molecule is O=C(COc1ccc(Cl)cc1C1c2sc(=O)[nH]c2SC2C(=O)N(c3ccc(Br)cc3)C(=O)C21)Nc1ccc(Cl)c(Cl)c1. The average molecular weight is 726 g/mol. The molecule has 0 saturated carbocycles. The van der Waals surface area contributed by atoms with E-state index in [2.05, 4.69) is 26.2 Å². The molecule has 0 radical (unpaired) electrons. The molecule has 214 valence electrons. The van der Waals surface area contributed by atoms with Crippen molar-refractivity contribution in [2.24, 2.45) is 5.92 Å². The van der Waals surface area contributed by atoms with Crippen LogP contribution in [0.25, 0.3) is 0 Å². The number of halogens is 4. The predicted octanol–water partition coefficient (Wildman–Crippen LogP) is 6.97. The van der Waals surface area contributed by atoms with E-state index in [9.17, 15) is 19.2 Å². The number of amides is 3. The molecule has 3 heterocycles. The third-order valence-electron chi connectivity index (χ3n) is 6.78. The van der Waals surface area contributed by atoms with Crippen LogP contribution in [-0.4, -0.2) is 34.6 Å². The van der Waals surface area contributed by atoms with Gasteiger partial charge in [0.05, 0.1) is 26.7 Å². The number of hydrogen-bond donors (Lipinski definition) is 2. The van der Waals surface area contributed by atoms with Gasteiger partial charge in [-0.05, 0) is 60.7 Å². The van der Waals surface area contributed by atoms with Gasteiger partial charge in [-0.3, -0.25) is 19.2 Å². The Morgan fingerprint density at radius 3 is 2.48 bits per heavy atom. The van der Waals surface area contributed by atoms with Crippen molar-refractivity contribution in [3.05, 3.63) is 100 Å². The molecule has 1 fully saturated rings. The molecule has 2 aliphatic rings. The molecule has 0 bridgehead atoms. The van der Waals surface area contributed by atoms with Gasteiger partial charge in [0, 0.05) is 31.5 Å². The molecular weight excluding hydrogens is 709 g/mol. The summed E-state index contributed by atoms with van der Waals surface area (Å²) < 4.78 is 6.76. The summed E-state index contributed by atoms with van der Waals surface area (Å²) in [6.45, 7) is -0.376. The number of imide groups is 1. The molecule has 0 aliphatic carbocycles. The van der Waals surface area contributed by atoms with E-state index in [1.54, 1.807) is 54.6 Å². The number of anilines is 2. The molecule has 1 saturated heterocycles. The minimum absolute atomic E-state index is 0.286. The fourth-order valence-electron chi connectivity index (χ4n) is 5.00. The zero-order valence-corrected chi connectivity index (χ0v) is 26.5. The molecule has 2 N–H and O–H groups in total. The highest BCUT2D eigenvalue weighted by molar-refractivity contribution is 9.10. The van der Waals surface area contributed by atoms with Gasteiger partial charge in [-0.1, -0.05) is 73.8 Å². The summed E-state index contributed by atoms with van der Waals surface area (Å²) in [5.41, 5.74) is 1.36. The van der Waals surface area contributed by atoms with Crippen LogP contribution in [0.1, 0.15) is 16.4 Å². The molecule has 14 heteroatoms. The summed E-state index contributed by atoms with van der Waals surface area (Å²) in [5.74, 6) is -2.56. The highest BCUT2D eigenvalue weighted by atomic mass is 79.9. The molecule has 42 heavy (non-hydrogen) atoms. The van der Waals surface area contributed by atoms with E-state index in [1.807, 2.05) is 0 Å². The lowest BCUT2D eigenvalue weighted by atomic mass is 9.82. The van der Waals surface area contributed by atoms with E-state index in [-0.39, 0.29) is 28.2 Å². The molecule has 3 atom stereocenters. The molecule has 3 amide bonds. The van der Waals surface area contributed by atoms with Gasteiger partial charge in [0.25, 0.3) is 5.91 Å². The number of thiazole rings is 1. The molecule has 1 aromatic heterocycles. The normalized spacial score (nSPS) is 19.4. The first-order valence-electron chi connectivity index (χ1n) is 12.3. The second-order valence-corrected chi connectivity index (χ2v) is 13.7. The minimum atomic E-state index is -0.851. The maximum absolute atomic E-state index is 14.0. The smallest absolute Gasteiger partial charge is 0.305 e. The Morgan fingerprint density at radius 2 is 1.74 bits per heavy atom. The summed E-state index contributed by atoms with van der Waals surface area (Å²) in [6.07, 6.45) is 0. The number of fused-ring (bicyclic) bond motifs is 2. The van der Waals surface area contributed by atoms with Gasteiger partial charge in [0.15, 0.2) is 6.61 Å². The average Bonchev–Trinajstić information content (AvgIpc) is 3.44. The van der Waals surface area contributed by atoms with E-state index in [4.69, 9.17) is 39.5 Å². The number of nitrogens with one attached hydrogen (secondary N) is 2. The van der Waals surface area contributed by atoms with Crippen LogP contribution in [-0.2, 0) is 14.4 Å². The van der Waals surface area contributed by atoms with Gasteiger partial charge in [-0.25, -0.2) is 4.90 Å². The van der Waals surface area contributed by atoms with Crippen molar-refractivity contribution in [1.29, 1.82) is 0 Å². The fraction of sp³-hybridized carbons (Fsp3) is 0.143. The first-order chi connectivity index (χ1) is 20.1. The van der Waals surface area contributed by atoms with Crippen LogP contribution in [0.15, 0.2) is 75.0 Å². The van der Waals surface area contributed by atoms with Crippen LogP contribution in [0.4, 0.5) is 11.4 Å². The number of nitrogens with zero attached hydrogens (tertiary/aromatic N) is 1. The van der Waals surface area contributed by atoms with Crippen molar-refractivity contribution >= 4 is 103 Å². The second-order valence-electron chi connectivity index (χ2n) is 9.39. The van der Waals surface area contributed by atoms with Gasteiger partial charge in [0.2, 0.25) is 11.8 Å². The Balaban J connectivity index is 1.35. The van der Waals surface area contributed by atoms with E-state index >= 15 is 0 Å². The fourth-order valence-corrected chi connectivity index (χ4v) is 8.25. The predicted molar refractivity (Wildman–Crippen MR) is 169 cm³/mol.